The molecule has 0 saturated heterocycles. The van der Waals surface area contributed by atoms with E-state index >= 15 is 0 Å². The highest BCUT2D eigenvalue weighted by Crippen LogP contribution is 2.24. The first kappa shape index (κ1) is 25.4. The fourth-order valence-electron chi connectivity index (χ4n) is 3.13. The van der Waals surface area contributed by atoms with E-state index in [2.05, 4.69) is 5.32 Å². The van der Waals surface area contributed by atoms with Gasteiger partial charge in [-0.2, -0.15) is 0 Å². The maximum absolute atomic E-state index is 13.4. The number of aliphatic carboxylic acids is 1. The van der Waals surface area contributed by atoms with E-state index in [0.29, 0.717) is 12.1 Å². The molecule has 0 aromatic heterocycles. The second kappa shape index (κ2) is 10.4. The molecule has 0 aliphatic rings. The molecule has 7 nitrogen and oxygen atoms in total. The molecule has 0 fully saturated rings. The molecule has 1 aromatic rings. The molecule has 7 heteroatoms. The Morgan fingerprint density at radius 3 is 2.30 bits per heavy atom. The first-order chi connectivity index (χ1) is 13.8. The summed E-state index contributed by atoms with van der Waals surface area (Å²) in [4.78, 5) is 39.0. The zero-order chi connectivity index (χ0) is 23.2. The van der Waals surface area contributed by atoms with Crippen molar-refractivity contribution >= 4 is 17.8 Å². The first-order valence-corrected chi connectivity index (χ1v) is 10.1. The zero-order valence-electron chi connectivity index (χ0n) is 19.0. The first-order valence-electron chi connectivity index (χ1n) is 10.1. The lowest BCUT2D eigenvalue weighted by Crippen LogP contribution is -2.56. The largest absolute Gasteiger partial charge is 0.478 e. The molecule has 0 aliphatic heterocycles. The van der Waals surface area contributed by atoms with E-state index in [1.165, 1.54) is 11.8 Å². The molecular weight excluding hydrogens is 382 g/mol. The van der Waals surface area contributed by atoms with Crippen molar-refractivity contribution in [3.05, 3.63) is 47.0 Å². The molecule has 0 spiro atoms. The average molecular weight is 418 g/mol. The Morgan fingerprint density at radius 2 is 1.83 bits per heavy atom. The van der Waals surface area contributed by atoms with Crippen LogP contribution in [0.3, 0.4) is 0 Å². The molecule has 0 radical (unpaired) electrons. The van der Waals surface area contributed by atoms with E-state index < -0.39 is 23.5 Å². The van der Waals surface area contributed by atoms with Gasteiger partial charge in [-0.05, 0) is 36.0 Å². The average Bonchev–Trinajstić information content (AvgIpc) is 2.67. The van der Waals surface area contributed by atoms with Crippen molar-refractivity contribution in [2.45, 2.75) is 60.2 Å². The zero-order valence-corrected chi connectivity index (χ0v) is 19.0. The van der Waals surface area contributed by atoms with Crippen molar-refractivity contribution in [3.8, 4) is 0 Å². The van der Waals surface area contributed by atoms with Crippen LogP contribution in [0.25, 0.3) is 0 Å². The lowest BCUT2D eigenvalue weighted by Gasteiger charge is -2.37. The number of carboxylic acid groups (broad SMARTS) is 1. The molecule has 1 rings (SSSR count). The van der Waals surface area contributed by atoms with Crippen molar-refractivity contribution in [2.75, 3.05) is 7.05 Å². The van der Waals surface area contributed by atoms with Crippen molar-refractivity contribution < 1.29 is 19.5 Å². The van der Waals surface area contributed by atoms with E-state index in [1.807, 2.05) is 40.7 Å². The molecule has 30 heavy (non-hydrogen) atoms. The Bertz CT molecular complexity index is 809. The van der Waals surface area contributed by atoms with Gasteiger partial charge in [0.05, 0.1) is 6.04 Å². The van der Waals surface area contributed by atoms with Crippen LogP contribution in [0.5, 0.6) is 0 Å². The number of hydrogen-bond acceptors (Lipinski definition) is 4. The Balaban J connectivity index is 3.20. The number of carbonyl (C=O) groups excluding carboxylic acids is 2. The number of nitrogens with two attached hydrogens (primary N) is 1. The number of carbonyl (C=O) groups is 3. The molecule has 0 aliphatic carbocycles. The Labute approximate surface area is 179 Å². The Kier molecular flexibility index (Phi) is 8.78. The maximum atomic E-state index is 13.4. The predicted octanol–water partition coefficient (Wildman–Crippen LogP) is 2.80. The van der Waals surface area contributed by atoms with Crippen molar-refractivity contribution in [2.24, 2.45) is 17.1 Å². The number of likely N-dealkylation sites (N-methyl/N-ethyl adjacent to an activating group) is 1. The molecule has 1 aromatic carbocycles. The van der Waals surface area contributed by atoms with Crippen LogP contribution in [-0.4, -0.2) is 46.9 Å². The second-order valence-corrected chi connectivity index (χ2v) is 9.02. The SMILES string of the molecule is C/C(=C\C(C(C)C)N(C)C(=O)C(NC(=O)c1cccc(CN)c1)C(C)(C)C)C(=O)O. The van der Waals surface area contributed by atoms with Gasteiger partial charge in [0.25, 0.3) is 5.91 Å². The third kappa shape index (κ3) is 6.69. The van der Waals surface area contributed by atoms with Gasteiger partial charge in [-0.3, -0.25) is 9.59 Å². The van der Waals surface area contributed by atoms with Crippen LogP contribution in [0.1, 0.15) is 57.5 Å². The molecule has 2 atom stereocenters. The molecule has 2 amide bonds. The van der Waals surface area contributed by atoms with Crippen LogP contribution in [0, 0.1) is 11.3 Å². The lowest BCUT2D eigenvalue weighted by atomic mass is 9.85. The minimum atomic E-state index is -1.03. The molecule has 2 unspecified atom stereocenters. The van der Waals surface area contributed by atoms with Gasteiger partial charge in [-0.1, -0.05) is 52.8 Å². The second-order valence-electron chi connectivity index (χ2n) is 9.02. The third-order valence-corrected chi connectivity index (χ3v) is 5.05. The van der Waals surface area contributed by atoms with Crippen molar-refractivity contribution in [1.29, 1.82) is 0 Å². The van der Waals surface area contributed by atoms with E-state index in [0.717, 1.165) is 5.56 Å². The van der Waals surface area contributed by atoms with Crippen LogP contribution in [0.15, 0.2) is 35.9 Å². The minimum Gasteiger partial charge on any atom is -0.478 e. The van der Waals surface area contributed by atoms with Gasteiger partial charge in [-0.25, -0.2) is 4.79 Å². The normalized spacial score (nSPS) is 14.2. The standard InChI is InChI=1S/C23H35N3O4/c1-14(2)18(11-15(3)22(29)30)26(7)21(28)19(23(4,5)6)25-20(27)17-10-8-9-16(12-17)13-24/h8-12,14,18-19H,13,24H2,1-7H3,(H,25,27)(H,29,30)/b15-11+. The molecule has 4 N–H and O–H groups in total. The van der Waals surface area contributed by atoms with Crippen molar-refractivity contribution in [1.82, 2.24) is 10.2 Å². The quantitative estimate of drug-likeness (QED) is 0.563. The summed E-state index contributed by atoms with van der Waals surface area (Å²) in [5, 5.41) is 12.1. The summed E-state index contributed by atoms with van der Waals surface area (Å²) in [5.41, 5.74) is 6.54. The number of carboxylic acids is 1. The number of nitrogens with one attached hydrogen (secondary N) is 1. The van der Waals surface area contributed by atoms with Crippen LogP contribution in [0.4, 0.5) is 0 Å². The monoisotopic (exact) mass is 417 g/mol. The molecule has 0 heterocycles. The van der Waals surface area contributed by atoms with Gasteiger partial charge in [0.2, 0.25) is 5.91 Å². The summed E-state index contributed by atoms with van der Waals surface area (Å²) in [7, 11) is 1.64. The maximum Gasteiger partial charge on any atom is 0.331 e. The molecular formula is C23H35N3O4. The van der Waals surface area contributed by atoms with Crippen molar-refractivity contribution in [3.63, 3.8) is 0 Å². The van der Waals surface area contributed by atoms with Crippen LogP contribution in [0.2, 0.25) is 0 Å². The summed E-state index contributed by atoms with van der Waals surface area (Å²) in [5.74, 6) is -1.67. The number of rotatable bonds is 8. The highest BCUT2D eigenvalue weighted by Gasteiger charge is 2.37. The Morgan fingerprint density at radius 1 is 1.23 bits per heavy atom. The lowest BCUT2D eigenvalue weighted by molar-refractivity contribution is -0.137. The summed E-state index contributed by atoms with van der Waals surface area (Å²) < 4.78 is 0. The van der Waals surface area contributed by atoms with Gasteiger partial charge in [0.1, 0.15) is 6.04 Å². The van der Waals surface area contributed by atoms with Gasteiger partial charge >= 0.3 is 5.97 Å². The van der Waals surface area contributed by atoms with E-state index in [1.54, 1.807) is 31.3 Å². The summed E-state index contributed by atoms with van der Waals surface area (Å²) in [6, 6.07) is 5.76. The smallest absolute Gasteiger partial charge is 0.331 e. The van der Waals surface area contributed by atoms with Gasteiger partial charge in [0.15, 0.2) is 0 Å². The van der Waals surface area contributed by atoms with E-state index in [4.69, 9.17) is 5.73 Å². The molecule has 0 saturated carbocycles. The van der Waals surface area contributed by atoms with Gasteiger partial charge < -0.3 is 21.1 Å². The highest BCUT2D eigenvalue weighted by atomic mass is 16.4. The van der Waals surface area contributed by atoms with Gasteiger partial charge in [0, 0.05) is 24.7 Å². The number of hydrogen-bond donors (Lipinski definition) is 3. The summed E-state index contributed by atoms with van der Waals surface area (Å²) >= 11 is 0. The number of benzene rings is 1. The van der Waals surface area contributed by atoms with Gasteiger partial charge in [-0.15, -0.1) is 0 Å². The molecule has 166 valence electrons. The minimum absolute atomic E-state index is 0.00851. The van der Waals surface area contributed by atoms with Crippen LogP contribution in [-0.2, 0) is 16.1 Å². The third-order valence-electron chi connectivity index (χ3n) is 5.05. The van der Waals surface area contributed by atoms with E-state index in [-0.39, 0.29) is 23.3 Å². The van der Waals surface area contributed by atoms with Crippen LogP contribution < -0.4 is 11.1 Å². The van der Waals surface area contributed by atoms with Crippen LogP contribution >= 0.6 is 0 Å². The number of nitrogens with zero attached hydrogens (tertiary/aromatic N) is 1. The predicted molar refractivity (Wildman–Crippen MR) is 118 cm³/mol. The fraction of sp³-hybridized carbons (Fsp3) is 0.522. The molecule has 0 bridgehead atoms. The topological polar surface area (TPSA) is 113 Å². The van der Waals surface area contributed by atoms with E-state index in [9.17, 15) is 19.5 Å². The highest BCUT2D eigenvalue weighted by molar-refractivity contribution is 5.98. The summed E-state index contributed by atoms with van der Waals surface area (Å²) in [6.07, 6.45) is 1.58. The number of amides is 2. The fourth-order valence-corrected chi connectivity index (χ4v) is 3.13. The Hall–Kier alpha value is -2.67. The summed E-state index contributed by atoms with van der Waals surface area (Å²) in [6.45, 7) is 11.3.